The van der Waals surface area contributed by atoms with E-state index in [0.717, 1.165) is 25.7 Å². The number of nitrogens with zero attached hydrogens (tertiary/aromatic N) is 1. The number of ether oxygens (including phenoxy) is 1. The zero-order valence-corrected chi connectivity index (χ0v) is 18.4. The number of urea groups is 1. The van der Waals surface area contributed by atoms with Crippen LogP contribution in [0.3, 0.4) is 0 Å². The normalized spacial score (nSPS) is 20.1. The van der Waals surface area contributed by atoms with Crippen molar-refractivity contribution in [3.8, 4) is 5.75 Å². The Morgan fingerprint density at radius 3 is 2.55 bits per heavy atom. The molecular weight excluding hydrogens is 423 g/mol. The number of benzene rings is 1. The molecule has 3 fully saturated rings. The van der Waals surface area contributed by atoms with Crippen molar-refractivity contribution in [1.29, 1.82) is 0 Å². The monoisotopic (exact) mass is 452 g/mol. The molecule has 0 unspecified atom stereocenters. The molecule has 1 aromatic carbocycles. The number of unbranched alkanes of at least 4 members (excludes halogenated alkanes) is 2. The number of sulfone groups is 1. The average molecular weight is 453 g/mol. The Morgan fingerprint density at radius 2 is 1.90 bits per heavy atom. The average Bonchev–Trinajstić information content (AvgIpc) is 3.60. The number of carbonyl (C=O) groups is 2. The third-order valence-corrected chi connectivity index (χ3v) is 8.17. The maximum atomic E-state index is 14.1. The SMILES string of the molecule is O=C1CN(CCCCCS(=O)(=O)CC2(c3cc(F)cc(OCC4CC4)c3)CC2)C(=O)N1. The number of rotatable bonds is 12. The van der Waals surface area contributed by atoms with Gasteiger partial charge in [0, 0.05) is 18.0 Å². The first-order chi connectivity index (χ1) is 14.7. The molecule has 3 aliphatic rings. The van der Waals surface area contributed by atoms with Gasteiger partial charge in [0.25, 0.3) is 0 Å². The van der Waals surface area contributed by atoms with Crippen LogP contribution in [0.2, 0.25) is 0 Å². The molecule has 0 spiro atoms. The molecule has 3 amide bonds. The molecule has 1 aliphatic heterocycles. The van der Waals surface area contributed by atoms with E-state index in [1.165, 1.54) is 17.0 Å². The van der Waals surface area contributed by atoms with E-state index < -0.39 is 21.1 Å². The Hall–Kier alpha value is -2.16. The number of carbonyl (C=O) groups excluding carboxylic acids is 2. The minimum Gasteiger partial charge on any atom is -0.493 e. The molecule has 0 radical (unpaired) electrons. The van der Waals surface area contributed by atoms with Crippen LogP contribution in [0.1, 0.15) is 50.5 Å². The summed E-state index contributed by atoms with van der Waals surface area (Å²) in [5.41, 5.74) is 0.207. The van der Waals surface area contributed by atoms with Crippen LogP contribution in [0.15, 0.2) is 18.2 Å². The Bertz CT molecular complexity index is 957. The fraction of sp³-hybridized carbons (Fsp3) is 0.636. The van der Waals surface area contributed by atoms with Crippen molar-refractivity contribution in [2.75, 3.05) is 31.2 Å². The lowest BCUT2D eigenvalue weighted by Crippen LogP contribution is -2.29. The number of halogens is 1. The van der Waals surface area contributed by atoms with Gasteiger partial charge in [0.2, 0.25) is 5.91 Å². The Labute approximate surface area is 182 Å². The van der Waals surface area contributed by atoms with Gasteiger partial charge in [0.1, 0.15) is 18.1 Å². The summed E-state index contributed by atoms with van der Waals surface area (Å²) < 4.78 is 45.3. The first kappa shape index (κ1) is 22.0. The van der Waals surface area contributed by atoms with Crippen LogP contribution in [0, 0.1) is 11.7 Å². The maximum absolute atomic E-state index is 14.1. The summed E-state index contributed by atoms with van der Waals surface area (Å²) >= 11 is 0. The summed E-state index contributed by atoms with van der Waals surface area (Å²) in [7, 11) is -3.30. The molecule has 31 heavy (non-hydrogen) atoms. The number of hydrogen-bond acceptors (Lipinski definition) is 5. The molecule has 1 heterocycles. The fourth-order valence-electron chi connectivity index (χ4n) is 4.08. The molecule has 0 atom stereocenters. The van der Waals surface area contributed by atoms with Gasteiger partial charge in [-0.25, -0.2) is 17.6 Å². The maximum Gasteiger partial charge on any atom is 0.324 e. The smallest absolute Gasteiger partial charge is 0.324 e. The first-order valence-electron chi connectivity index (χ1n) is 11.0. The van der Waals surface area contributed by atoms with Crippen LogP contribution in [-0.2, 0) is 20.0 Å². The zero-order valence-electron chi connectivity index (χ0n) is 17.6. The summed E-state index contributed by atoms with van der Waals surface area (Å²) in [6.07, 6.45) is 5.56. The minimum atomic E-state index is -3.30. The molecule has 2 aliphatic carbocycles. The van der Waals surface area contributed by atoms with Crippen molar-refractivity contribution in [1.82, 2.24) is 10.2 Å². The van der Waals surface area contributed by atoms with Gasteiger partial charge in [-0.2, -0.15) is 0 Å². The van der Waals surface area contributed by atoms with E-state index in [-0.39, 0.29) is 30.0 Å². The van der Waals surface area contributed by atoms with E-state index >= 15 is 0 Å². The highest BCUT2D eigenvalue weighted by Crippen LogP contribution is 2.50. The largest absolute Gasteiger partial charge is 0.493 e. The van der Waals surface area contributed by atoms with Gasteiger partial charge < -0.3 is 9.64 Å². The lowest BCUT2D eigenvalue weighted by atomic mass is 9.98. The standard InChI is InChI=1S/C22H29FN2O5S/c23-18-10-17(11-19(12-18)30-14-16-4-5-16)22(6-7-22)15-31(28,29)9-3-1-2-8-25-13-20(26)24-21(25)27/h10-12,16H,1-9,13-15H2,(H,24,26,27). The quantitative estimate of drug-likeness (QED) is 0.389. The molecule has 170 valence electrons. The number of imide groups is 1. The molecule has 0 bridgehead atoms. The molecule has 4 rings (SSSR count). The van der Waals surface area contributed by atoms with Crippen LogP contribution in [-0.4, -0.2) is 56.5 Å². The van der Waals surface area contributed by atoms with E-state index in [4.69, 9.17) is 4.74 Å². The molecule has 1 saturated heterocycles. The van der Waals surface area contributed by atoms with E-state index in [9.17, 15) is 22.4 Å². The highest BCUT2D eigenvalue weighted by Gasteiger charge is 2.47. The summed E-state index contributed by atoms with van der Waals surface area (Å²) in [4.78, 5) is 24.1. The van der Waals surface area contributed by atoms with Gasteiger partial charge in [-0.3, -0.25) is 10.1 Å². The minimum absolute atomic E-state index is 0.0224. The predicted molar refractivity (Wildman–Crippen MR) is 113 cm³/mol. The van der Waals surface area contributed by atoms with Crippen LogP contribution in [0.5, 0.6) is 5.75 Å². The van der Waals surface area contributed by atoms with Crippen LogP contribution < -0.4 is 10.1 Å². The highest BCUT2D eigenvalue weighted by molar-refractivity contribution is 7.91. The second kappa shape index (κ2) is 8.76. The summed E-state index contributed by atoms with van der Waals surface area (Å²) in [6, 6.07) is 4.22. The lowest BCUT2D eigenvalue weighted by molar-refractivity contribution is -0.118. The van der Waals surface area contributed by atoms with Gasteiger partial charge in [-0.15, -0.1) is 0 Å². The first-order valence-corrected chi connectivity index (χ1v) is 12.8. The van der Waals surface area contributed by atoms with E-state index in [1.54, 1.807) is 6.07 Å². The second-order valence-corrected chi connectivity index (χ2v) is 11.3. The van der Waals surface area contributed by atoms with Crippen molar-refractivity contribution in [3.05, 3.63) is 29.6 Å². The van der Waals surface area contributed by atoms with Crippen molar-refractivity contribution >= 4 is 21.8 Å². The molecule has 7 nitrogen and oxygen atoms in total. The third-order valence-electron chi connectivity index (χ3n) is 6.27. The molecule has 1 aromatic rings. The van der Waals surface area contributed by atoms with E-state index in [2.05, 4.69) is 5.32 Å². The highest BCUT2D eigenvalue weighted by atomic mass is 32.2. The summed E-state index contributed by atoms with van der Waals surface area (Å²) in [5, 5.41) is 2.22. The van der Waals surface area contributed by atoms with Crippen molar-refractivity contribution in [2.24, 2.45) is 5.92 Å². The second-order valence-electron chi connectivity index (χ2n) is 9.14. The number of hydrogen-bond donors (Lipinski definition) is 1. The number of amides is 3. The summed E-state index contributed by atoms with van der Waals surface area (Å²) in [5.74, 6) is 0.434. The molecule has 9 heteroatoms. The number of nitrogens with one attached hydrogen (secondary N) is 1. The van der Waals surface area contributed by atoms with Gasteiger partial charge in [0.05, 0.1) is 18.1 Å². The lowest BCUT2D eigenvalue weighted by Gasteiger charge is -2.18. The summed E-state index contributed by atoms with van der Waals surface area (Å²) in [6.45, 7) is 1.09. The van der Waals surface area contributed by atoms with Gasteiger partial charge in [-0.05, 0) is 62.1 Å². The topological polar surface area (TPSA) is 92.8 Å². The van der Waals surface area contributed by atoms with Crippen molar-refractivity contribution in [3.63, 3.8) is 0 Å². The Balaban J connectivity index is 1.26. The third kappa shape index (κ3) is 5.96. The molecule has 0 aromatic heterocycles. The van der Waals surface area contributed by atoms with Crippen molar-refractivity contribution in [2.45, 2.75) is 50.4 Å². The van der Waals surface area contributed by atoms with Gasteiger partial charge >= 0.3 is 6.03 Å². The van der Waals surface area contributed by atoms with Crippen LogP contribution in [0.25, 0.3) is 0 Å². The Kier molecular flexibility index (Phi) is 6.23. The molecule has 1 N–H and O–H groups in total. The fourth-order valence-corrected chi connectivity index (χ4v) is 6.16. The van der Waals surface area contributed by atoms with Crippen LogP contribution >= 0.6 is 0 Å². The molecule has 2 saturated carbocycles. The van der Waals surface area contributed by atoms with Gasteiger partial charge in [0.15, 0.2) is 9.84 Å². The van der Waals surface area contributed by atoms with E-state index in [1.807, 2.05) is 0 Å². The predicted octanol–water partition coefficient (Wildman–Crippen LogP) is 2.78. The molecular formula is C22H29FN2O5S. The van der Waals surface area contributed by atoms with Crippen LogP contribution in [0.4, 0.5) is 9.18 Å². The zero-order chi connectivity index (χ0) is 22.1. The van der Waals surface area contributed by atoms with Crippen molar-refractivity contribution < 1.29 is 27.1 Å². The van der Waals surface area contributed by atoms with E-state index in [0.29, 0.717) is 49.6 Å². The van der Waals surface area contributed by atoms with Gasteiger partial charge in [-0.1, -0.05) is 6.42 Å². The Morgan fingerprint density at radius 1 is 1.13 bits per heavy atom.